The lowest BCUT2D eigenvalue weighted by atomic mass is 10.2. The standard InChI is InChI=1S/C10H8BrNO2S/c1-6-5-15-10(12-6)3-8(13)7-2-9(11)14-4-7/h2,4-5H,3H2,1H3. The van der Waals surface area contributed by atoms with Gasteiger partial charge in [-0.05, 0) is 22.9 Å². The number of aryl methyl sites for hydroxylation is 1. The summed E-state index contributed by atoms with van der Waals surface area (Å²) < 4.78 is 5.58. The molecule has 0 aliphatic heterocycles. The first-order chi connectivity index (χ1) is 7.15. The van der Waals surface area contributed by atoms with Crippen molar-refractivity contribution in [1.29, 1.82) is 0 Å². The maximum absolute atomic E-state index is 11.7. The number of rotatable bonds is 3. The zero-order valence-electron chi connectivity index (χ0n) is 7.99. The largest absolute Gasteiger partial charge is 0.457 e. The molecule has 2 aromatic heterocycles. The molecular weight excluding hydrogens is 278 g/mol. The van der Waals surface area contributed by atoms with E-state index < -0.39 is 0 Å². The first-order valence-electron chi connectivity index (χ1n) is 4.33. The molecule has 5 heteroatoms. The predicted molar refractivity (Wildman–Crippen MR) is 61.3 cm³/mol. The zero-order chi connectivity index (χ0) is 10.8. The van der Waals surface area contributed by atoms with E-state index in [0.29, 0.717) is 16.7 Å². The number of Topliss-reactive ketones (excluding diaryl/α,β-unsaturated/α-hetero) is 1. The molecule has 78 valence electrons. The first-order valence-corrected chi connectivity index (χ1v) is 6.00. The molecule has 0 amide bonds. The minimum atomic E-state index is 0.0267. The summed E-state index contributed by atoms with van der Waals surface area (Å²) in [7, 11) is 0. The van der Waals surface area contributed by atoms with Crippen molar-refractivity contribution in [3.63, 3.8) is 0 Å². The minimum Gasteiger partial charge on any atom is -0.457 e. The molecule has 0 atom stereocenters. The lowest BCUT2D eigenvalue weighted by Crippen LogP contribution is -2.01. The molecule has 0 aromatic carbocycles. The molecule has 0 spiro atoms. The molecule has 3 nitrogen and oxygen atoms in total. The van der Waals surface area contributed by atoms with Crippen molar-refractivity contribution in [3.05, 3.63) is 38.6 Å². The summed E-state index contributed by atoms with van der Waals surface area (Å²) in [4.78, 5) is 16.0. The van der Waals surface area contributed by atoms with E-state index in [9.17, 15) is 4.79 Å². The summed E-state index contributed by atoms with van der Waals surface area (Å²) in [6, 6.07) is 1.67. The van der Waals surface area contributed by atoms with Crippen LogP contribution in [-0.4, -0.2) is 10.8 Å². The van der Waals surface area contributed by atoms with Crippen LogP contribution in [0.3, 0.4) is 0 Å². The highest BCUT2D eigenvalue weighted by Gasteiger charge is 2.11. The second kappa shape index (κ2) is 4.28. The number of ketones is 1. The summed E-state index contributed by atoms with van der Waals surface area (Å²) in [6.07, 6.45) is 1.79. The van der Waals surface area contributed by atoms with Crippen LogP contribution in [0.4, 0.5) is 0 Å². The number of hydrogen-bond acceptors (Lipinski definition) is 4. The van der Waals surface area contributed by atoms with Gasteiger partial charge >= 0.3 is 0 Å². The van der Waals surface area contributed by atoms with Crippen LogP contribution in [0.5, 0.6) is 0 Å². The van der Waals surface area contributed by atoms with Crippen LogP contribution >= 0.6 is 27.3 Å². The van der Waals surface area contributed by atoms with E-state index >= 15 is 0 Å². The van der Waals surface area contributed by atoms with Gasteiger partial charge in [-0.25, -0.2) is 4.98 Å². The third kappa shape index (κ3) is 2.54. The van der Waals surface area contributed by atoms with Gasteiger partial charge in [-0.2, -0.15) is 0 Å². The number of carbonyl (C=O) groups is 1. The van der Waals surface area contributed by atoms with Crippen molar-refractivity contribution in [3.8, 4) is 0 Å². The molecule has 0 bridgehead atoms. The Kier molecular flexibility index (Phi) is 3.02. The van der Waals surface area contributed by atoms with Crippen molar-refractivity contribution in [1.82, 2.24) is 4.98 Å². The number of carbonyl (C=O) groups excluding carboxylic acids is 1. The molecular formula is C10H8BrNO2S. The summed E-state index contributed by atoms with van der Waals surface area (Å²) >= 11 is 4.66. The fraction of sp³-hybridized carbons (Fsp3) is 0.200. The van der Waals surface area contributed by atoms with Gasteiger partial charge in [0.1, 0.15) is 11.3 Å². The molecule has 0 saturated heterocycles. The highest BCUT2D eigenvalue weighted by Crippen LogP contribution is 2.17. The van der Waals surface area contributed by atoms with E-state index in [4.69, 9.17) is 4.42 Å². The average molecular weight is 286 g/mol. The van der Waals surface area contributed by atoms with E-state index in [0.717, 1.165) is 10.7 Å². The molecule has 15 heavy (non-hydrogen) atoms. The van der Waals surface area contributed by atoms with Gasteiger partial charge in [0, 0.05) is 17.1 Å². The Morgan fingerprint density at radius 3 is 3.00 bits per heavy atom. The van der Waals surface area contributed by atoms with Crippen molar-refractivity contribution >= 4 is 33.0 Å². The number of aromatic nitrogens is 1. The summed E-state index contributed by atoms with van der Waals surface area (Å²) in [6.45, 7) is 1.92. The lowest BCUT2D eigenvalue weighted by molar-refractivity contribution is 0.0992. The smallest absolute Gasteiger partial charge is 0.172 e. The van der Waals surface area contributed by atoms with Crippen molar-refractivity contribution in [2.45, 2.75) is 13.3 Å². The molecule has 2 rings (SSSR count). The van der Waals surface area contributed by atoms with E-state index in [-0.39, 0.29) is 5.78 Å². The first kappa shape index (κ1) is 10.6. The SMILES string of the molecule is Cc1csc(CC(=O)c2coc(Br)c2)n1. The Balaban J connectivity index is 2.10. The second-order valence-electron chi connectivity index (χ2n) is 3.12. The quantitative estimate of drug-likeness (QED) is 0.813. The van der Waals surface area contributed by atoms with Gasteiger partial charge in [0.25, 0.3) is 0 Å². The molecule has 2 heterocycles. The van der Waals surface area contributed by atoms with E-state index in [1.54, 1.807) is 6.07 Å². The number of furan rings is 1. The molecule has 2 aromatic rings. The Bertz CT molecular complexity index is 489. The van der Waals surface area contributed by atoms with Crippen LogP contribution in [-0.2, 0) is 6.42 Å². The topological polar surface area (TPSA) is 43.1 Å². The maximum atomic E-state index is 11.7. The third-order valence-corrected chi connectivity index (χ3v) is 3.25. The van der Waals surface area contributed by atoms with Crippen LogP contribution in [0.25, 0.3) is 0 Å². The van der Waals surface area contributed by atoms with Crippen molar-refractivity contribution in [2.24, 2.45) is 0 Å². The summed E-state index contributed by atoms with van der Waals surface area (Å²) in [5.41, 5.74) is 1.53. The molecule has 0 N–H and O–H groups in total. The van der Waals surface area contributed by atoms with Gasteiger partial charge in [-0.1, -0.05) is 0 Å². The van der Waals surface area contributed by atoms with Crippen LogP contribution in [0.15, 0.2) is 26.8 Å². The van der Waals surface area contributed by atoms with Crippen LogP contribution in [0, 0.1) is 6.92 Å². The van der Waals surface area contributed by atoms with E-state index in [1.165, 1.54) is 17.6 Å². The fourth-order valence-electron chi connectivity index (χ4n) is 1.18. The number of nitrogens with zero attached hydrogens (tertiary/aromatic N) is 1. The normalized spacial score (nSPS) is 10.5. The monoisotopic (exact) mass is 285 g/mol. The molecule has 0 fully saturated rings. The zero-order valence-corrected chi connectivity index (χ0v) is 10.4. The number of hydrogen-bond donors (Lipinski definition) is 0. The Morgan fingerprint density at radius 1 is 1.67 bits per heavy atom. The Labute approximate surface area is 99.3 Å². The highest BCUT2D eigenvalue weighted by atomic mass is 79.9. The summed E-state index contributed by atoms with van der Waals surface area (Å²) in [5, 5.41) is 2.78. The van der Waals surface area contributed by atoms with Gasteiger partial charge in [-0.15, -0.1) is 11.3 Å². The lowest BCUT2D eigenvalue weighted by Gasteiger charge is -1.92. The molecule has 0 saturated carbocycles. The van der Waals surface area contributed by atoms with Gasteiger partial charge in [0.2, 0.25) is 0 Å². The van der Waals surface area contributed by atoms with Crippen LogP contribution in [0.2, 0.25) is 0 Å². The van der Waals surface area contributed by atoms with Crippen molar-refractivity contribution < 1.29 is 9.21 Å². The maximum Gasteiger partial charge on any atom is 0.172 e. The van der Waals surface area contributed by atoms with E-state index in [1.807, 2.05) is 12.3 Å². The predicted octanol–water partition coefficient (Wildman–Crippen LogP) is 3.23. The summed E-state index contributed by atoms with van der Waals surface area (Å²) in [5.74, 6) is 0.0267. The van der Waals surface area contributed by atoms with E-state index in [2.05, 4.69) is 20.9 Å². The Hall–Kier alpha value is -0.940. The average Bonchev–Trinajstić information content (AvgIpc) is 2.75. The van der Waals surface area contributed by atoms with Gasteiger partial charge in [0.15, 0.2) is 10.5 Å². The fourth-order valence-corrected chi connectivity index (χ4v) is 2.29. The molecule has 0 unspecified atom stereocenters. The van der Waals surface area contributed by atoms with Crippen LogP contribution in [0.1, 0.15) is 21.1 Å². The highest BCUT2D eigenvalue weighted by molar-refractivity contribution is 9.10. The van der Waals surface area contributed by atoms with Gasteiger partial charge in [0.05, 0.1) is 12.0 Å². The molecule has 0 radical (unpaired) electrons. The molecule has 0 aliphatic rings. The third-order valence-electron chi connectivity index (χ3n) is 1.87. The number of halogens is 1. The van der Waals surface area contributed by atoms with Crippen molar-refractivity contribution in [2.75, 3.05) is 0 Å². The molecule has 0 aliphatic carbocycles. The second-order valence-corrected chi connectivity index (χ2v) is 4.85. The van der Waals surface area contributed by atoms with Gasteiger partial charge < -0.3 is 4.42 Å². The minimum absolute atomic E-state index is 0.0267. The number of thiazole rings is 1. The Morgan fingerprint density at radius 2 is 2.47 bits per heavy atom. The van der Waals surface area contributed by atoms with Crippen LogP contribution < -0.4 is 0 Å². The van der Waals surface area contributed by atoms with Gasteiger partial charge in [-0.3, -0.25) is 4.79 Å².